The van der Waals surface area contributed by atoms with Gasteiger partial charge < -0.3 is 0 Å². The van der Waals surface area contributed by atoms with E-state index in [2.05, 4.69) is 12.2 Å². The first kappa shape index (κ1) is 16.2. The number of carbonyl (C=O) groups excluding carboxylic acids is 2. The third-order valence-electron chi connectivity index (χ3n) is 4.16. The molecule has 1 aliphatic carbocycles. The number of amides is 2. The Hall–Kier alpha value is -0.860. The number of hydrogen-bond acceptors (Lipinski definition) is 2. The number of nitrogens with one attached hydrogen (secondary N) is 1. The standard InChI is InChI=1S/C16H29NO2/c1-3-4-5-7-10-13(2)15(18)17-16(19)14-11-8-6-9-12-14/h13-14H,3-12H2,1-2H3,(H,17,18,19). The van der Waals surface area contributed by atoms with Gasteiger partial charge in [-0.1, -0.05) is 58.8 Å². The summed E-state index contributed by atoms with van der Waals surface area (Å²) < 4.78 is 0. The van der Waals surface area contributed by atoms with E-state index in [1.807, 2.05) is 6.92 Å². The minimum absolute atomic E-state index is 0.0369. The lowest BCUT2D eigenvalue weighted by molar-refractivity contribution is -0.135. The Morgan fingerprint density at radius 2 is 1.79 bits per heavy atom. The minimum Gasteiger partial charge on any atom is -0.296 e. The minimum atomic E-state index is -0.0768. The van der Waals surface area contributed by atoms with Gasteiger partial charge in [-0.15, -0.1) is 0 Å². The number of unbranched alkanes of at least 4 members (excludes halogenated alkanes) is 3. The molecule has 0 bridgehead atoms. The molecule has 110 valence electrons. The van der Waals surface area contributed by atoms with E-state index in [0.29, 0.717) is 0 Å². The maximum atomic E-state index is 12.0. The predicted molar refractivity (Wildman–Crippen MR) is 77.6 cm³/mol. The molecule has 1 rings (SSSR count). The average molecular weight is 267 g/mol. The van der Waals surface area contributed by atoms with Gasteiger partial charge in [-0.2, -0.15) is 0 Å². The van der Waals surface area contributed by atoms with E-state index in [9.17, 15) is 9.59 Å². The van der Waals surface area contributed by atoms with Crippen molar-refractivity contribution >= 4 is 11.8 Å². The summed E-state index contributed by atoms with van der Waals surface area (Å²) >= 11 is 0. The fourth-order valence-electron chi connectivity index (χ4n) is 2.72. The molecule has 1 fully saturated rings. The average Bonchev–Trinajstić information content (AvgIpc) is 2.44. The zero-order valence-electron chi connectivity index (χ0n) is 12.5. The monoisotopic (exact) mass is 267 g/mol. The molecule has 0 aromatic rings. The highest BCUT2D eigenvalue weighted by molar-refractivity contribution is 5.97. The number of rotatable bonds is 7. The van der Waals surface area contributed by atoms with Crippen molar-refractivity contribution in [2.75, 3.05) is 0 Å². The van der Waals surface area contributed by atoms with E-state index < -0.39 is 0 Å². The van der Waals surface area contributed by atoms with Crippen LogP contribution in [-0.4, -0.2) is 11.8 Å². The summed E-state index contributed by atoms with van der Waals surface area (Å²) in [5.74, 6) is -0.0773. The Morgan fingerprint density at radius 1 is 1.11 bits per heavy atom. The van der Waals surface area contributed by atoms with Crippen LogP contribution in [0.15, 0.2) is 0 Å². The van der Waals surface area contributed by atoms with Crippen LogP contribution in [0.25, 0.3) is 0 Å². The highest BCUT2D eigenvalue weighted by Gasteiger charge is 2.24. The van der Waals surface area contributed by atoms with Crippen LogP contribution in [0, 0.1) is 11.8 Å². The van der Waals surface area contributed by atoms with Gasteiger partial charge in [0.05, 0.1) is 0 Å². The molecule has 0 spiro atoms. The van der Waals surface area contributed by atoms with Crippen molar-refractivity contribution in [1.82, 2.24) is 5.32 Å². The SMILES string of the molecule is CCCCCCC(C)C(=O)NC(=O)C1CCCCC1. The molecule has 1 N–H and O–H groups in total. The maximum absolute atomic E-state index is 12.0. The van der Waals surface area contributed by atoms with Crippen LogP contribution in [0.1, 0.15) is 78.1 Å². The predicted octanol–water partition coefficient (Wildman–Crippen LogP) is 3.82. The molecule has 1 aliphatic rings. The van der Waals surface area contributed by atoms with Gasteiger partial charge in [0.1, 0.15) is 0 Å². The van der Waals surface area contributed by atoms with E-state index in [-0.39, 0.29) is 23.7 Å². The van der Waals surface area contributed by atoms with Gasteiger partial charge in [0.2, 0.25) is 11.8 Å². The first-order chi connectivity index (χ1) is 9.15. The van der Waals surface area contributed by atoms with E-state index in [0.717, 1.165) is 38.5 Å². The van der Waals surface area contributed by atoms with Crippen LogP contribution in [0.3, 0.4) is 0 Å². The Labute approximate surface area is 117 Å². The molecule has 1 saturated carbocycles. The molecule has 1 unspecified atom stereocenters. The van der Waals surface area contributed by atoms with Crippen LogP contribution in [0.4, 0.5) is 0 Å². The lowest BCUT2D eigenvalue weighted by atomic mass is 9.88. The lowest BCUT2D eigenvalue weighted by Crippen LogP contribution is -2.39. The van der Waals surface area contributed by atoms with Crippen molar-refractivity contribution in [2.24, 2.45) is 11.8 Å². The van der Waals surface area contributed by atoms with Gasteiger partial charge in [-0.25, -0.2) is 0 Å². The highest BCUT2D eigenvalue weighted by Crippen LogP contribution is 2.23. The summed E-state index contributed by atoms with van der Waals surface area (Å²) in [6.45, 7) is 4.11. The second-order valence-electron chi connectivity index (χ2n) is 5.94. The number of carbonyl (C=O) groups is 2. The molecule has 0 saturated heterocycles. The third kappa shape index (κ3) is 6.22. The van der Waals surface area contributed by atoms with E-state index in [1.54, 1.807) is 0 Å². The van der Waals surface area contributed by atoms with E-state index in [4.69, 9.17) is 0 Å². The van der Waals surface area contributed by atoms with Crippen molar-refractivity contribution in [3.05, 3.63) is 0 Å². The summed E-state index contributed by atoms with van der Waals surface area (Å²) in [5, 5.41) is 2.61. The second-order valence-corrected chi connectivity index (χ2v) is 5.94. The molecular formula is C16H29NO2. The smallest absolute Gasteiger partial charge is 0.229 e. The highest BCUT2D eigenvalue weighted by atomic mass is 16.2. The number of imide groups is 1. The van der Waals surface area contributed by atoms with Gasteiger partial charge in [0, 0.05) is 11.8 Å². The van der Waals surface area contributed by atoms with Gasteiger partial charge >= 0.3 is 0 Å². The van der Waals surface area contributed by atoms with Crippen molar-refractivity contribution in [3.8, 4) is 0 Å². The van der Waals surface area contributed by atoms with E-state index >= 15 is 0 Å². The molecule has 0 heterocycles. The Kier molecular flexibility index (Phi) is 7.76. The van der Waals surface area contributed by atoms with Crippen molar-refractivity contribution < 1.29 is 9.59 Å². The molecule has 1 atom stereocenters. The molecule has 3 nitrogen and oxygen atoms in total. The lowest BCUT2D eigenvalue weighted by Gasteiger charge is -2.21. The van der Waals surface area contributed by atoms with Gasteiger partial charge in [0.15, 0.2) is 0 Å². The summed E-state index contributed by atoms with van der Waals surface area (Å²) in [5.41, 5.74) is 0. The molecular weight excluding hydrogens is 238 g/mol. The summed E-state index contributed by atoms with van der Waals surface area (Å²) in [7, 11) is 0. The summed E-state index contributed by atoms with van der Waals surface area (Å²) in [6.07, 6.45) is 11.0. The largest absolute Gasteiger partial charge is 0.296 e. The molecule has 0 aliphatic heterocycles. The fourth-order valence-corrected chi connectivity index (χ4v) is 2.72. The van der Waals surface area contributed by atoms with Crippen LogP contribution in [-0.2, 0) is 9.59 Å². The zero-order valence-corrected chi connectivity index (χ0v) is 12.5. The van der Waals surface area contributed by atoms with Gasteiger partial charge in [-0.05, 0) is 19.3 Å². The third-order valence-corrected chi connectivity index (χ3v) is 4.16. The fraction of sp³-hybridized carbons (Fsp3) is 0.875. The van der Waals surface area contributed by atoms with Crippen LogP contribution in [0.2, 0.25) is 0 Å². The molecule has 19 heavy (non-hydrogen) atoms. The molecule has 3 heteroatoms. The van der Waals surface area contributed by atoms with E-state index in [1.165, 1.54) is 25.7 Å². The van der Waals surface area contributed by atoms with Crippen molar-refractivity contribution in [3.63, 3.8) is 0 Å². The second kappa shape index (κ2) is 9.11. The van der Waals surface area contributed by atoms with Crippen molar-refractivity contribution in [2.45, 2.75) is 78.1 Å². The Bertz CT molecular complexity index is 282. The van der Waals surface area contributed by atoms with Crippen LogP contribution in [0.5, 0.6) is 0 Å². The van der Waals surface area contributed by atoms with Crippen LogP contribution < -0.4 is 5.32 Å². The maximum Gasteiger partial charge on any atom is 0.229 e. The van der Waals surface area contributed by atoms with Gasteiger partial charge in [0.25, 0.3) is 0 Å². The molecule has 0 aromatic carbocycles. The Balaban J connectivity index is 2.22. The first-order valence-corrected chi connectivity index (χ1v) is 7.99. The van der Waals surface area contributed by atoms with Gasteiger partial charge in [-0.3, -0.25) is 14.9 Å². The molecule has 2 amide bonds. The normalized spacial score (nSPS) is 18.0. The van der Waals surface area contributed by atoms with Crippen molar-refractivity contribution in [1.29, 1.82) is 0 Å². The summed E-state index contributed by atoms with van der Waals surface area (Å²) in [4.78, 5) is 23.9. The molecule has 0 aromatic heterocycles. The van der Waals surface area contributed by atoms with Crippen LogP contribution >= 0.6 is 0 Å². The Morgan fingerprint density at radius 3 is 2.42 bits per heavy atom. The summed E-state index contributed by atoms with van der Waals surface area (Å²) in [6, 6.07) is 0. The zero-order chi connectivity index (χ0) is 14.1. The first-order valence-electron chi connectivity index (χ1n) is 7.99. The topological polar surface area (TPSA) is 46.2 Å². The number of hydrogen-bond donors (Lipinski definition) is 1. The molecule has 0 radical (unpaired) electrons. The quantitative estimate of drug-likeness (QED) is 0.713.